The number of anilines is 1. The van der Waals surface area contributed by atoms with E-state index in [1.54, 1.807) is 0 Å². The third kappa shape index (κ3) is 4.79. The van der Waals surface area contributed by atoms with Crippen LogP contribution in [0.1, 0.15) is 39.7 Å². The highest BCUT2D eigenvalue weighted by Gasteiger charge is 2.26. The molecule has 23 heavy (non-hydrogen) atoms. The third-order valence-corrected chi connectivity index (χ3v) is 4.60. The zero-order valence-corrected chi connectivity index (χ0v) is 15.6. The Balaban J connectivity index is 2.26. The van der Waals surface area contributed by atoms with Crippen LogP contribution in [-0.4, -0.2) is 35.7 Å². The maximum atomic E-state index is 5.66. The number of allylic oxidation sites excluding steroid dienone is 1. The van der Waals surface area contributed by atoms with Crippen molar-refractivity contribution in [3.05, 3.63) is 41.5 Å². The van der Waals surface area contributed by atoms with Gasteiger partial charge >= 0.3 is 0 Å². The van der Waals surface area contributed by atoms with Crippen molar-refractivity contribution in [1.82, 2.24) is 10.2 Å². The summed E-state index contributed by atoms with van der Waals surface area (Å²) >= 11 is 5.66. The molecule has 126 valence electrons. The minimum atomic E-state index is 0.444. The van der Waals surface area contributed by atoms with Crippen molar-refractivity contribution in [2.75, 3.05) is 24.5 Å². The van der Waals surface area contributed by atoms with E-state index in [1.807, 2.05) is 0 Å². The Kier molecular flexibility index (Phi) is 6.60. The normalized spacial score (nSPS) is 18.1. The fourth-order valence-electron chi connectivity index (χ4n) is 2.82. The Labute approximate surface area is 146 Å². The number of hydrogen-bond acceptors (Lipinski definition) is 2. The number of thiocarbonyl (C=S) groups is 1. The van der Waals surface area contributed by atoms with Gasteiger partial charge in [-0.05, 0) is 51.0 Å². The van der Waals surface area contributed by atoms with E-state index in [0.29, 0.717) is 6.04 Å². The molecule has 0 unspecified atom stereocenters. The lowest BCUT2D eigenvalue weighted by Gasteiger charge is -2.30. The molecular weight excluding hydrogens is 302 g/mol. The number of benzene rings is 1. The van der Waals surface area contributed by atoms with Crippen LogP contribution in [0.15, 0.2) is 35.9 Å². The van der Waals surface area contributed by atoms with Gasteiger partial charge < -0.3 is 10.2 Å². The number of nitrogens with one attached hydrogen (secondary N) is 1. The second kappa shape index (κ2) is 8.46. The molecule has 1 aromatic rings. The lowest BCUT2D eigenvalue weighted by Crippen LogP contribution is -2.46. The second-order valence-corrected chi connectivity index (χ2v) is 6.92. The van der Waals surface area contributed by atoms with Crippen molar-refractivity contribution in [3.8, 4) is 0 Å². The molecule has 0 fully saturated rings. The molecule has 1 aromatic carbocycles. The summed E-state index contributed by atoms with van der Waals surface area (Å²) in [6.45, 7) is 12.6. The summed E-state index contributed by atoms with van der Waals surface area (Å²) in [5.74, 6) is 0. The predicted octanol–water partition coefficient (Wildman–Crippen LogP) is 3.95. The van der Waals surface area contributed by atoms with Crippen LogP contribution in [0.3, 0.4) is 0 Å². The van der Waals surface area contributed by atoms with Gasteiger partial charge in [-0.15, -0.1) is 0 Å². The molecule has 0 radical (unpaired) electrons. The molecule has 0 amide bonds. The quantitative estimate of drug-likeness (QED) is 0.665. The van der Waals surface area contributed by atoms with Crippen molar-refractivity contribution >= 4 is 23.0 Å². The maximum Gasteiger partial charge on any atom is 0.173 e. The molecule has 0 bridgehead atoms. The van der Waals surface area contributed by atoms with Gasteiger partial charge in [-0.3, -0.25) is 4.90 Å². The van der Waals surface area contributed by atoms with Gasteiger partial charge in [0.1, 0.15) is 0 Å². The van der Waals surface area contributed by atoms with Crippen LogP contribution in [0.25, 0.3) is 0 Å². The Morgan fingerprint density at radius 1 is 1.35 bits per heavy atom. The monoisotopic (exact) mass is 331 g/mol. The first kappa shape index (κ1) is 18.0. The zero-order chi connectivity index (χ0) is 16.8. The molecule has 3 nitrogen and oxygen atoms in total. The molecule has 0 aliphatic carbocycles. The first-order valence-electron chi connectivity index (χ1n) is 8.53. The van der Waals surface area contributed by atoms with Gasteiger partial charge in [-0.25, -0.2) is 0 Å². The number of para-hydroxylation sites is 1. The highest BCUT2D eigenvalue weighted by molar-refractivity contribution is 7.80. The van der Waals surface area contributed by atoms with Crippen LogP contribution < -0.4 is 10.2 Å². The maximum absolute atomic E-state index is 5.66. The summed E-state index contributed by atoms with van der Waals surface area (Å²) in [5.41, 5.74) is 3.96. The summed E-state index contributed by atoms with van der Waals surface area (Å²) in [5, 5.41) is 4.23. The Morgan fingerprint density at radius 3 is 2.78 bits per heavy atom. The molecule has 1 N–H and O–H groups in total. The molecule has 4 heteroatoms. The summed E-state index contributed by atoms with van der Waals surface area (Å²) in [6.07, 6.45) is 3.39. The van der Waals surface area contributed by atoms with E-state index in [1.165, 1.54) is 16.8 Å². The summed E-state index contributed by atoms with van der Waals surface area (Å²) in [6, 6.07) is 9.07. The first-order chi connectivity index (χ1) is 11.0. The molecule has 1 atom stereocenters. The van der Waals surface area contributed by atoms with E-state index in [4.69, 9.17) is 12.2 Å². The van der Waals surface area contributed by atoms with Crippen LogP contribution in [0, 0.1) is 0 Å². The van der Waals surface area contributed by atoms with E-state index in [0.717, 1.165) is 37.7 Å². The number of hydrogen-bond donors (Lipinski definition) is 1. The first-order valence-corrected chi connectivity index (χ1v) is 8.94. The van der Waals surface area contributed by atoms with Gasteiger partial charge in [-0.1, -0.05) is 36.8 Å². The standard InChI is InChI=1S/C19H29N3S/c1-5-11-20-19(23)22-13-16(4)21(12-10-15(2)3)14-17-8-6-7-9-18(17)22/h6-10,16H,5,11-14H2,1-4H3,(H,20,23)/t16-/m0/s1. The lowest BCUT2D eigenvalue weighted by molar-refractivity contribution is 0.233. The van der Waals surface area contributed by atoms with E-state index < -0.39 is 0 Å². The van der Waals surface area contributed by atoms with Crippen molar-refractivity contribution in [1.29, 1.82) is 0 Å². The largest absolute Gasteiger partial charge is 0.362 e. The van der Waals surface area contributed by atoms with Crippen molar-refractivity contribution in [2.24, 2.45) is 0 Å². The zero-order valence-electron chi connectivity index (χ0n) is 14.8. The Morgan fingerprint density at radius 2 is 2.09 bits per heavy atom. The van der Waals surface area contributed by atoms with Crippen molar-refractivity contribution < 1.29 is 0 Å². The highest BCUT2D eigenvalue weighted by Crippen LogP contribution is 2.27. The van der Waals surface area contributed by atoms with Gasteiger partial charge in [0.15, 0.2) is 5.11 Å². The molecule has 1 aliphatic heterocycles. The average molecular weight is 332 g/mol. The van der Waals surface area contributed by atoms with E-state index in [-0.39, 0.29) is 0 Å². The van der Waals surface area contributed by atoms with Gasteiger partial charge in [-0.2, -0.15) is 0 Å². The molecule has 0 saturated heterocycles. The average Bonchev–Trinajstić information content (AvgIpc) is 2.67. The van der Waals surface area contributed by atoms with Gasteiger partial charge in [0.05, 0.1) is 0 Å². The molecular formula is C19H29N3S. The van der Waals surface area contributed by atoms with Gasteiger partial charge in [0.25, 0.3) is 0 Å². The summed E-state index contributed by atoms with van der Waals surface area (Å²) in [7, 11) is 0. The molecule has 0 saturated carbocycles. The van der Waals surface area contributed by atoms with Crippen LogP contribution in [0.2, 0.25) is 0 Å². The SMILES string of the molecule is CCCNC(=S)N1C[C@H](C)N(CC=C(C)C)Cc2ccccc21. The molecule has 1 aliphatic rings. The smallest absolute Gasteiger partial charge is 0.173 e. The van der Waals surface area contributed by atoms with Gasteiger partial charge in [0, 0.05) is 37.9 Å². The lowest BCUT2D eigenvalue weighted by atomic mass is 10.1. The van der Waals surface area contributed by atoms with Gasteiger partial charge in [0.2, 0.25) is 0 Å². The predicted molar refractivity (Wildman–Crippen MR) is 104 cm³/mol. The molecule has 0 aromatic heterocycles. The fourth-order valence-corrected chi connectivity index (χ4v) is 3.10. The Hall–Kier alpha value is -1.39. The number of nitrogens with zero attached hydrogens (tertiary/aromatic N) is 2. The number of rotatable bonds is 4. The molecule has 1 heterocycles. The van der Waals surface area contributed by atoms with Crippen molar-refractivity contribution in [2.45, 2.75) is 46.7 Å². The van der Waals surface area contributed by atoms with Crippen molar-refractivity contribution in [3.63, 3.8) is 0 Å². The topological polar surface area (TPSA) is 18.5 Å². The summed E-state index contributed by atoms with van der Waals surface area (Å²) in [4.78, 5) is 4.79. The summed E-state index contributed by atoms with van der Waals surface area (Å²) < 4.78 is 0. The van der Waals surface area contributed by atoms with E-state index >= 15 is 0 Å². The molecule has 2 rings (SSSR count). The van der Waals surface area contributed by atoms with Crippen LogP contribution in [0.5, 0.6) is 0 Å². The minimum Gasteiger partial charge on any atom is -0.362 e. The highest BCUT2D eigenvalue weighted by atomic mass is 32.1. The fraction of sp³-hybridized carbons (Fsp3) is 0.526. The van der Waals surface area contributed by atoms with E-state index in [2.05, 4.69) is 73.2 Å². The molecule has 0 spiro atoms. The van der Waals surface area contributed by atoms with Crippen LogP contribution >= 0.6 is 12.2 Å². The second-order valence-electron chi connectivity index (χ2n) is 6.53. The minimum absolute atomic E-state index is 0.444. The third-order valence-electron chi connectivity index (χ3n) is 4.23. The Bertz CT molecular complexity index is 563. The number of fused-ring (bicyclic) bond motifs is 1. The van der Waals surface area contributed by atoms with Crippen LogP contribution in [-0.2, 0) is 6.54 Å². The van der Waals surface area contributed by atoms with E-state index in [9.17, 15) is 0 Å². The van der Waals surface area contributed by atoms with Crippen LogP contribution in [0.4, 0.5) is 5.69 Å².